The highest BCUT2D eigenvalue weighted by Crippen LogP contribution is 2.29. The lowest BCUT2D eigenvalue weighted by molar-refractivity contribution is -0.121. The Morgan fingerprint density at radius 1 is 1.29 bits per heavy atom. The van der Waals surface area contributed by atoms with Gasteiger partial charge in [0.2, 0.25) is 11.9 Å². The van der Waals surface area contributed by atoms with Gasteiger partial charge in [-0.25, -0.2) is 9.67 Å². The van der Waals surface area contributed by atoms with Gasteiger partial charge in [0.25, 0.3) is 5.91 Å². The molecule has 0 aromatic carbocycles. The van der Waals surface area contributed by atoms with Crippen LogP contribution < -0.4 is 10.6 Å². The molecule has 124 valence electrons. The smallest absolute Gasteiger partial charge is 0.268 e. The number of hydrogen-bond acceptors (Lipinski definition) is 6. The summed E-state index contributed by atoms with van der Waals surface area (Å²) in [6.07, 6.45) is 1.39. The predicted octanol–water partition coefficient (Wildman–Crippen LogP) is 1.91. The Labute approximate surface area is 141 Å². The van der Waals surface area contributed by atoms with E-state index in [-0.39, 0.29) is 24.3 Å². The Bertz CT molecular complexity index is 879. The minimum atomic E-state index is -0.313. The number of carbonyl (C=O) groups excluding carboxylic acids is 2. The average Bonchev–Trinajstić information content (AvgIpc) is 3.27. The van der Waals surface area contributed by atoms with Crippen LogP contribution in [0.2, 0.25) is 0 Å². The number of hydrogen-bond donors (Lipinski definition) is 2. The number of furan rings is 1. The Hall–Kier alpha value is -2.94. The lowest BCUT2D eigenvalue weighted by atomic mass is 10.3. The van der Waals surface area contributed by atoms with Gasteiger partial charge in [-0.15, -0.1) is 16.4 Å². The molecule has 24 heavy (non-hydrogen) atoms. The highest BCUT2D eigenvalue weighted by atomic mass is 32.1. The first kappa shape index (κ1) is 15.9. The van der Waals surface area contributed by atoms with Crippen molar-refractivity contribution in [3.05, 3.63) is 41.2 Å². The van der Waals surface area contributed by atoms with Gasteiger partial charge >= 0.3 is 0 Å². The van der Waals surface area contributed by atoms with Crippen molar-refractivity contribution < 1.29 is 14.0 Å². The van der Waals surface area contributed by atoms with Crippen LogP contribution in [0.15, 0.2) is 35.0 Å². The zero-order valence-electron chi connectivity index (χ0n) is 13.1. The first-order chi connectivity index (χ1) is 11.5. The maximum atomic E-state index is 12.3. The van der Waals surface area contributed by atoms with Crippen molar-refractivity contribution in [2.24, 2.45) is 0 Å². The predicted molar refractivity (Wildman–Crippen MR) is 88.8 cm³/mol. The number of aromatic nitrogens is 3. The minimum absolute atomic E-state index is 0.0420. The van der Waals surface area contributed by atoms with Gasteiger partial charge in [-0.1, -0.05) is 0 Å². The van der Waals surface area contributed by atoms with Crippen LogP contribution in [0, 0.1) is 6.92 Å². The number of aryl methyl sites for hydroxylation is 1. The highest BCUT2D eigenvalue weighted by molar-refractivity contribution is 7.17. The van der Waals surface area contributed by atoms with Crippen molar-refractivity contribution in [1.82, 2.24) is 20.1 Å². The van der Waals surface area contributed by atoms with Gasteiger partial charge in [-0.2, -0.15) is 0 Å². The number of thiophene rings is 1. The van der Waals surface area contributed by atoms with Crippen LogP contribution in [0.5, 0.6) is 0 Å². The van der Waals surface area contributed by atoms with Crippen LogP contribution >= 0.6 is 11.3 Å². The van der Waals surface area contributed by atoms with E-state index < -0.39 is 0 Å². The fraction of sp³-hybridized carbons (Fsp3) is 0.200. The molecule has 0 aliphatic rings. The SMILES string of the molecule is CNC(=O)Cn1cnc(NC(=O)c2ccc(-c3ccc(C)o3)s2)n1. The van der Waals surface area contributed by atoms with Crippen LogP contribution in [0.3, 0.4) is 0 Å². The fourth-order valence-corrected chi connectivity index (χ4v) is 2.84. The van der Waals surface area contributed by atoms with Crippen molar-refractivity contribution in [3.63, 3.8) is 0 Å². The molecule has 0 fully saturated rings. The third-order valence-electron chi connectivity index (χ3n) is 3.16. The number of anilines is 1. The lowest BCUT2D eigenvalue weighted by Crippen LogP contribution is -2.23. The first-order valence-corrected chi connectivity index (χ1v) is 7.95. The molecule has 0 spiro atoms. The maximum Gasteiger partial charge on any atom is 0.268 e. The van der Waals surface area contributed by atoms with Gasteiger partial charge < -0.3 is 9.73 Å². The summed E-state index contributed by atoms with van der Waals surface area (Å²) in [6, 6.07) is 7.28. The van der Waals surface area contributed by atoms with Crippen LogP contribution in [0.4, 0.5) is 5.95 Å². The van der Waals surface area contributed by atoms with E-state index in [9.17, 15) is 9.59 Å². The van der Waals surface area contributed by atoms with E-state index in [1.807, 2.05) is 25.1 Å². The molecule has 3 aromatic rings. The molecule has 2 N–H and O–H groups in total. The standard InChI is InChI=1S/C15H15N5O3S/c1-9-3-4-10(23-9)11-5-6-12(24-11)14(22)18-15-17-8-20(19-15)7-13(21)16-2/h3-6,8H,7H2,1-2H3,(H,16,21)(H,18,19,22). The van der Waals surface area contributed by atoms with Crippen LogP contribution in [-0.4, -0.2) is 33.6 Å². The molecular formula is C15H15N5O3S. The Kier molecular flexibility index (Phi) is 4.43. The topological polar surface area (TPSA) is 102 Å². The molecule has 0 saturated carbocycles. The molecule has 0 aliphatic carbocycles. The van der Waals surface area contributed by atoms with Crippen molar-refractivity contribution in [3.8, 4) is 10.6 Å². The van der Waals surface area contributed by atoms with E-state index in [2.05, 4.69) is 20.7 Å². The number of likely N-dealkylation sites (N-methyl/N-ethyl adjacent to an activating group) is 1. The van der Waals surface area contributed by atoms with Gasteiger partial charge in [0.15, 0.2) is 0 Å². The first-order valence-electron chi connectivity index (χ1n) is 7.13. The second-order valence-electron chi connectivity index (χ2n) is 4.97. The Balaban J connectivity index is 1.67. The summed E-state index contributed by atoms with van der Waals surface area (Å²) in [5, 5.41) is 9.12. The third-order valence-corrected chi connectivity index (χ3v) is 4.26. The number of nitrogens with zero attached hydrogens (tertiary/aromatic N) is 3. The third kappa shape index (κ3) is 3.51. The number of rotatable bonds is 5. The van der Waals surface area contributed by atoms with Crippen molar-refractivity contribution in [2.45, 2.75) is 13.5 Å². The summed E-state index contributed by atoms with van der Waals surface area (Å²) < 4.78 is 6.89. The molecule has 0 radical (unpaired) electrons. The molecule has 0 atom stereocenters. The van der Waals surface area contributed by atoms with Crippen molar-refractivity contribution in [1.29, 1.82) is 0 Å². The van der Waals surface area contributed by atoms with Gasteiger partial charge in [-0.05, 0) is 31.2 Å². The largest absolute Gasteiger partial charge is 0.461 e. The van der Waals surface area contributed by atoms with E-state index in [1.165, 1.54) is 29.4 Å². The zero-order valence-corrected chi connectivity index (χ0v) is 13.9. The van der Waals surface area contributed by atoms with E-state index in [4.69, 9.17) is 4.42 Å². The maximum absolute atomic E-state index is 12.3. The number of amides is 2. The quantitative estimate of drug-likeness (QED) is 0.735. The lowest BCUT2D eigenvalue weighted by Gasteiger charge is -1.99. The highest BCUT2D eigenvalue weighted by Gasteiger charge is 2.14. The second-order valence-corrected chi connectivity index (χ2v) is 6.05. The number of nitrogens with one attached hydrogen (secondary N) is 2. The van der Waals surface area contributed by atoms with E-state index in [0.717, 1.165) is 16.4 Å². The van der Waals surface area contributed by atoms with Gasteiger partial charge in [-0.3, -0.25) is 14.9 Å². The fourth-order valence-electron chi connectivity index (χ4n) is 1.98. The Morgan fingerprint density at radius 3 is 2.83 bits per heavy atom. The summed E-state index contributed by atoms with van der Waals surface area (Å²) in [5.74, 6) is 1.18. The molecule has 3 aromatic heterocycles. The van der Waals surface area contributed by atoms with E-state index >= 15 is 0 Å². The molecule has 8 nitrogen and oxygen atoms in total. The van der Waals surface area contributed by atoms with Gasteiger partial charge in [0.1, 0.15) is 24.4 Å². The van der Waals surface area contributed by atoms with Crippen LogP contribution in [-0.2, 0) is 11.3 Å². The zero-order chi connectivity index (χ0) is 17.1. The molecule has 0 saturated heterocycles. The van der Waals surface area contributed by atoms with Crippen LogP contribution in [0.1, 0.15) is 15.4 Å². The summed E-state index contributed by atoms with van der Waals surface area (Å²) in [5.41, 5.74) is 0. The summed E-state index contributed by atoms with van der Waals surface area (Å²) in [4.78, 5) is 28.9. The molecule has 0 bridgehead atoms. The summed E-state index contributed by atoms with van der Waals surface area (Å²) >= 11 is 1.32. The molecule has 0 aliphatic heterocycles. The van der Waals surface area contributed by atoms with E-state index in [1.54, 1.807) is 6.07 Å². The minimum Gasteiger partial charge on any atom is -0.461 e. The van der Waals surface area contributed by atoms with E-state index in [0.29, 0.717) is 4.88 Å². The monoisotopic (exact) mass is 345 g/mol. The molecular weight excluding hydrogens is 330 g/mol. The number of carbonyl (C=O) groups is 2. The molecule has 3 rings (SSSR count). The Morgan fingerprint density at radius 2 is 2.12 bits per heavy atom. The molecule has 2 amide bonds. The van der Waals surface area contributed by atoms with Gasteiger partial charge in [0.05, 0.1) is 9.75 Å². The molecule has 3 heterocycles. The van der Waals surface area contributed by atoms with Gasteiger partial charge in [0, 0.05) is 7.05 Å². The summed E-state index contributed by atoms with van der Waals surface area (Å²) in [7, 11) is 1.54. The normalized spacial score (nSPS) is 10.6. The molecule has 0 unspecified atom stereocenters. The van der Waals surface area contributed by atoms with Crippen molar-refractivity contribution >= 4 is 29.1 Å². The van der Waals surface area contributed by atoms with Crippen LogP contribution in [0.25, 0.3) is 10.6 Å². The summed E-state index contributed by atoms with van der Waals surface area (Å²) in [6.45, 7) is 1.91. The molecule has 9 heteroatoms. The van der Waals surface area contributed by atoms with Crippen molar-refractivity contribution in [2.75, 3.05) is 12.4 Å². The average molecular weight is 345 g/mol. The second kappa shape index (κ2) is 6.67.